The second-order valence-corrected chi connectivity index (χ2v) is 17.7. The average molecular weight is 913 g/mol. The fourth-order valence-corrected chi connectivity index (χ4v) is 9.17. The molecule has 4 aromatic carbocycles. The zero-order valence-corrected chi connectivity index (χ0v) is 36.2. The molecule has 2 saturated heterocycles. The predicted molar refractivity (Wildman–Crippen MR) is 248 cm³/mol. The van der Waals surface area contributed by atoms with Crippen molar-refractivity contribution in [1.82, 2.24) is 18.9 Å². The van der Waals surface area contributed by atoms with Crippen LogP contribution in [0.5, 0.6) is 0 Å². The average Bonchev–Trinajstić information content (AvgIpc) is 4.27. The van der Waals surface area contributed by atoms with E-state index >= 15 is 8.78 Å². The van der Waals surface area contributed by atoms with E-state index in [0.717, 1.165) is 48.9 Å². The number of benzene rings is 4. The van der Waals surface area contributed by atoms with Gasteiger partial charge in [-0.25, -0.2) is 28.0 Å². The minimum absolute atomic E-state index is 0.0346. The number of nitrogens with one attached hydrogen (secondary N) is 2. The molecule has 2 aliphatic heterocycles. The maximum absolute atomic E-state index is 15.5. The maximum Gasteiger partial charge on any atom is 0.341 e. The van der Waals surface area contributed by atoms with Gasteiger partial charge in [-0.05, 0) is 91.8 Å². The molecule has 0 radical (unpaired) electrons. The summed E-state index contributed by atoms with van der Waals surface area (Å²) in [6, 6.07) is 20.1. The molecule has 2 aromatic heterocycles. The zero-order valence-electron chi connectivity index (χ0n) is 36.2. The lowest BCUT2D eigenvalue weighted by Crippen LogP contribution is -2.50. The molecule has 0 spiro atoms. The number of urea groups is 2. The molecular weight excluding hydrogens is 867 g/mol. The third-order valence-electron chi connectivity index (χ3n) is 13.2. The highest BCUT2D eigenvalue weighted by molar-refractivity contribution is 5.95. The summed E-state index contributed by atoms with van der Waals surface area (Å²) in [6.45, 7) is 2.78. The number of rotatable bonds is 10. The van der Waals surface area contributed by atoms with Crippen LogP contribution in [0.25, 0.3) is 21.8 Å². The lowest BCUT2D eigenvalue weighted by molar-refractivity contribution is 0.0684. The topological polar surface area (TPSA) is 190 Å². The Labute approximate surface area is 381 Å². The van der Waals surface area contributed by atoms with Crippen molar-refractivity contribution in [3.8, 4) is 0 Å². The number of carboxylic acids is 2. The van der Waals surface area contributed by atoms with Crippen LogP contribution in [0.4, 0.5) is 41.1 Å². The van der Waals surface area contributed by atoms with Crippen molar-refractivity contribution in [1.29, 1.82) is 0 Å². The third-order valence-corrected chi connectivity index (χ3v) is 13.2. The Morgan fingerprint density at radius 3 is 1.22 bits per heavy atom. The maximum atomic E-state index is 15.5. The minimum Gasteiger partial charge on any atom is -0.477 e. The Bertz CT molecular complexity index is 2910. The van der Waals surface area contributed by atoms with Crippen molar-refractivity contribution in [2.24, 2.45) is 0 Å². The lowest BCUT2D eigenvalue weighted by Gasteiger charge is -2.36. The largest absolute Gasteiger partial charge is 0.477 e. The van der Waals surface area contributed by atoms with Gasteiger partial charge in [-0.2, -0.15) is 0 Å². The lowest BCUT2D eigenvalue weighted by atomic mass is 10.0. The number of aromatic nitrogens is 2. The SMILES string of the molecule is O=C(O)c1cn(C2CC2)c2cc(N3CCN(C(=O)Nc4ccc(Cc5ccc(NC(=O)N6CCN(c7cc8c(cc7F)c(=O)c(C(=O)O)cn8C7CC7)CC6)cc5)cc4)CC3)c(F)cc2c1=O. The molecule has 67 heavy (non-hydrogen) atoms. The summed E-state index contributed by atoms with van der Waals surface area (Å²) in [5.41, 5.74) is 2.65. The molecule has 0 unspecified atom stereocenters. The van der Waals surface area contributed by atoms with Crippen molar-refractivity contribution in [2.45, 2.75) is 44.2 Å². The molecule has 344 valence electrons. The first-order valence-corrected chi connectivity index (χ1v) is 22.3. The van der Waals surface area contributed by atoms with E-state index in [1.54, 1.807) is 31.1 Å². The monoisotopic (exact) mass is 912 g/mol. The number of hydrogen-bond donors (Lipinski definition) is 4. The Morgan fingerprint density at radius 1 is 0.537 bits per heavy atom. The Balaban J connectivity index is 0.700. The number of fused-ring (bicyclic) bond motifs is 2. The van der Waals surface area contributed by atoms with E-state index in [0.29, 0.717) is 92.6 Å². The Kier molecular flexibility index (Phi) is 11.1. The van der Waals surface area contributed by atoms with Crippen LogP contribution >= 0.6 is 0 Å². The summed E-state index contributed by atoms with van der Waals surface area (Å²) in [6.07, 6.45) is 6.71. The van der Waals surface area contributed by atoms with E-state index in [1.807, 2.05) is 58.3 Å². The third kappa shape index (κ3) is 8.61. The second-order valence-electron chi connectivity index (χ2n) is 17.7. The summed E-state index contributed by atoms with van der Waals surface area (Å²) in [4.78, 5) is 82.7. The van der Waals surface area contributed by atoms with E-state index in [9.17, 15) is 39.0 Å². The number of aromatic carboxylic acids is 2. The van der Waals surface area contributed by atoms with Crippen molar-refractivity contribution >= 4 is 68.6 Å². The van der Waals surface area contributed by atoms with Gasteiger partial charge >= 0.3 is 24.0 Å². The van der Waals surface area contributed by atoms with E-state index < -0.39 is 34.4 Å². The first-order chi connectivity index (χ1) is 32.3. The van der Waals surface area contributed by atoms with Crippen LogP contribution in [0.3, 0.4) is 0 Å². The van der Waals surface area contributed by atoms with Gasteiger partial charge in [-0.3, -0.25) is 9.59 Å². The highest BCUT2D eigenvalue weighted by atomic mass is 19.1. The molecule has 16 nitrogen and oxygen atoms in total. The molecule has 0 atom stereocenters. The van der Waals surface area contributed by atoms with Gasteiger partial charge < -0.3 is 49.6 Å². The number of carboxylic acid groups (broad SMARTS) is 2. The molecule has 4 heterocycles. The molecule has 4 aliphatic rings. The van der Waals surface area contributed by atoms with Crippen LogP contribution in [0, 0.1) is 11.6 Å². The van der Waals surface area contributed by atoms with Gasteiger partial charge in [-0.15, -0.1) is 0 Å². The number of anilines is 4. The van der Waals surface area contributed by atoms with E-state index in [-0.39, 0.29) is 46.0 Å². The summed E-state index contributed by atoms with van der Waals surface area (Å²) in [7, 11) is 0. The van der Waals surface area contributed by atoms with Crippen LogP contribution in [0.1, 0.15) is 69.6 Å². The van der Waals surface area contributed by atoms with Gasteiger partial charge in [0.25, 0.3) is 0 Å². The van der Waals surface area contributed by atoms with Gasteiger partial charge in [0.1, 0.15) is 22.8 Å². The number of pyridine rings is 2. The molecule has 4 fully saturated rings. The van der Waals surface area contributed by atoms with Crippen molar-refractivity contribution < 1.29 is 38.2 Å². The van der Waals surface area contributed by atoms with Crippen molar-refractivity contribution in [3.63, 3.8) is 0 Å². The Hall–Kier alpha value is -7.76. The fraction of sp³-hybridized carbons (Fsp3) is 0.306. The summed E-state index contributed by atoms with van der Waals surface area (Å²) < 4.78 is 34.5. The molecule has 4 amide bonds. The number of amides is 4. The molecule has 18 heteroatoms. The van der Waals surface area contributed by atoms with E-state index in [2.05, 4.69) is 10.6 Å². The van der Waals surface area contributed by atoms with Crippen LogP contribution in [0.2, 0.25) is 0 Å². The first kappa shape index (κ1) is 43.1. The van der Waals surface area contributed by atoms with Gasteiger partial charge in [0.15, 0.2) is 0 Å². The molecule has 6 aromatic rings. The molecule has 4 N–H and O–H groups in total. The van der Waals surface area contributed by atoms with Gasteiger partial charge in [0.2, 0.25) is 10.9 Å². The van der Waals surface area contributed by atoms with Crippen LogP contribution in [-0.2, 0) is 6.42 Å². The summed E-state index contributed by atoms with van der Waals surface area (Å²) in [5.74, 6) is -3.93. The molecule has 0 bridgehead atoms. The summed E-state index contributed by atoms with van der Waals surface area (Å²) in [5, 5.41) is 25.1. The van der Waals surface area contributed by atoms with Crippen LogP contribution in [0.15, 0.2) is 94.8 Å². The van der Waals surface area contributed by atoms with Gasteiger partial charge in [0.05, 0.1) is 22.4 Å². The normalized spacial score (nSPS) is 16.4. The van der Waals surface area contributed by atoms with Crippen LogP contribution < -0.4 is 31.3 Å². The second kappa shape index (κ2) is 17.2. The number of hydrogen-bond acceptors (Lipinski definition) is 8. The van der Waals surface area contributed by atoms with Crippen molar-refractivity contribution in [3.05, 3.63) is 140 Å². The standard InChI is InChI=1S/C49H46F2N8O8/c50-38-22-34-40(58(32-9-10-32)26-36(44(34)60)46(62)63)24-42(38)54-13-17-56(18-14-54)48(66)52-30-5-1-28(2-6-30)21-29-3-7-31(8-4-29)53-49(67)57-19-15-55(16-20-57)43-25-41-35(23-39(43)51)45(61)37(47(64)65)27-59(41)33-11-12-33/h1-8,22-27,32-33H,9-21H2,(H,52,66)(H,53,67)(H,62,63)(H,64,65). The Morgan fingerprint density at radius 2 is 0.896 bits per heavy atom. The number of piperazine rings is 2. The smallest absolute Gasteiger partial charge is 0.341 e. The number of carbonyl (C=O) groups excluding carboxylic acids is 2. The molecule has 2 aliphatic carbocycles. The van der Waals surface area contributed by atoms with E-state index in [4.69, 9.17) is 0 Å². The minimum atomic E-state index is -1.35. The zero-order chi connectivity index (χ0) is 46.7. The van der Waals surface area contributed by atoms with Gasteiger partial charge in [0, 0.05) is 99.0 Å². The summed E-state index contributed by atoms with van der Waals surface area (Å²) >= 11 is 0. The first-order valence-electron chi connectivity index (χ1n) is 22.3. The van der Waals surface area contributed by atoms with Gasteiger partial charge in [-0.1, -0.05) is 24.3 Å². The van der Waals surface area contributed by atoms with Crippen molar-refractivity contribution in [2.75, 3.05) is 72.8 Å². The fourth-order valence-electron chi connectivity index (χ4n) is 9.17. The molecular formula is C49H46F2N8O8. The van der Waals surface area contributed by atoms with Crippen LogP contribution in [-0.4, -0.2) is 106 Å². The molecule has 2 saturated carbocycles. The molecule has 10 rings (SSSR count). The quantitative estimate of drug-likeness (QED) is 0.112. The highest BCUT2D eigenvalue weighted by Crippen LogP contribution is 2.39. The van der Waals surface area contributed by atoms with E-state index in [1.165, 1.54) is 12.4 Å². The number of carbonyl (C=O) groups is 4. The number of halogens is 2. The highest BCUT2D eigenvalue weighted by Gasteiger charge is 2.31. The predicted octanol–water partition coefficient (Wildman–Crippen LogP) is 6.96. The number of nitrogens with zero attached hydrogens (tertiary/aromatic N) is 6.